The SMILES string of the molecule is CC(=O)OCC12C(O)C(=O)C3(C)c4occc4CCC3(C)C1CCC(O)C21CO1. The van der Waals surface area contributed by atoms with Gasteiger partial charge in [-0.15, -0.1) is 0 Å². The number of aliphatic hydroxyl groups is 2. The molecule has 29 heavy (non-hydrogen) atoms. The zero-order valence-electron chi connectivity index (χ0n) is 17.1. The minimum Gasteiger partial charge on any atom is -0.468 e. The third-order valence-electron chi connectivity index (χ3n) is 8.90. The Morgan fingerprint density at radius 1 is 1.31 bits per heavy atom. The van der Waals surface area contributed by atoms with E-state index in [1.165, 1.54) is 6.92 Å². The molecule has 1 aliphatic heterocycles. The molecule has 7 nitrogen and oxygen atoms in total. The first kappa shape index (κ1) is 19.3. The lowest BCUT2D eigenvalue weighted by Gasteiger charge is -2.66. The molecule has 158 valence electrons. The molecular weight excluding hydrogens is 376 g/mol. The van der Waals surface area contributed by atoms with E-state index >= 15 is 0 Å². The third kappa shape index (κ3) is 1.99. The van der Waals surface area contributed by atoms with Gasteiger partial charge in [0.15, 0.2) is 5.78 Å². The number of Topliss-reactive ketones (excluding diaryl/α,β-unsaturated/α-hetero) is 1. The summed E-state index contributed by atoms with van der Waals surface area (Å²) in [5, 5.41) is 22.4. The lowest BCUT2D eigenvalue weighted by Crippen LogP contribution is -2.76. The number of aliphatic hydroxyl groups excluding tert-OH is 2. The number of rotatable bonds is 2. The van der Waals surface area contributed by atoms with Crippen LogP contribution in [0, 0.1) is 16.7 Å². The van der Waals surface area contributed by atoms with Crippen LogP contribution < -0.4 is 0 Å². The van der Waals surface area contributed by atoms with E-state index in [2.05, 4.69) is 6.92 Å². The largest absolute Gasteiger partial charge is 0.468 e. The van der Waals surface area contributed by atoms with Crippen molar-refractivity contribution < 1.29 is 33.7 Å². The summed E-state index contributed by atoms with van der Waals surface area (Å²) < 4.78 is 17.1. The number of hydrogen-bond acceptors (Lipinski definition) is 7. The Balaban J connectivity index is 1.73. The van der Waals surface area contributed by atoms with Gasteiger partial charge < -0.3 is 24.1 Å². The summed E-state index contributed by atoms with van der Waals surface area (Å²) >= 11 is 0. The standard InChI is InChI=1S/C22H28O7/c1-12(23)28-10-21-14(4-5-15(24)22(21)11-29-22)19(2)8-6-13-7-9-27-18(13)20(19,3)16(25)17(21)26/h7,9,14-15,17,24,26H,4-6,8,10-11H2,1-3H3. The van der Waals surface area contributed by atoms with E-state index in [1.807, 2.05) is 13.0 Å². The van der Waals surface area contributed by atoms with Gasteiger partial charge in [0.25, 0.3) is 0 Å². The second-order valence-corrected chi connectivity index (χ2v) is 9.73. The summed E-state index contributed by atoms with van der Waals surface area (Å²) in [6, 6.07) is 1.90. The highest BCUT2D eigenvalue weighted by Crippen LogP contribution is 2.71. The summed E-state index contributed by atoms with van der Waals surface area (Å²) in [6.45, 7) is 5.37. The van der Waals surface area contributed by atoms with Crippen LogP contribution in [0.3, 0.4) is 0 Å². The van der Waals surface area contributed by atoms with Gasteiger partial charge in [-0.05, 0) is 55.6 Å². The first-order valence-electron chi connectivity index (χ1n) is 10.4. The number of carbonyl (C=O) groups is 2. The van der Waals surface area contributed by atoms with Crippen molar-refractivity contribution in [1.29, 1.82) is 0 Å². The Labute approximate surface area is 169 Å². The maximum atomic E-state index is 13.9. The monoisotopic (exact) mass is 404 g/mol. The number of furan rings is 1. The smallest absolute Gasteiger partial charge is 0.302 e. The highest BCUT2D eigenvalue weighted by atomic mass is 16.6. The van der Waals surface area contributed by atoms with Crippen LogP contribution in [0.4, 0.5) is 0 Å². The van der Waals surface area contributed by atoms with Crippen molar-refractivity contribution in [3.8, 4) is 0 Å². The van der Waals surface area contributed by atoms with Crippen molar-refractivity contribution in [2.45, 2.75) is 69.7 Å². The number of epoxide rings is 1. The van der Waals surface area contributed by atoms with Gasteiger partial charge in [0, 0.05) is 6.92 Å². The summed E-state index contributed by atoms with van der Waals surface area (Å²) in [5.74, 6) is -0.378. The van der Waals surface area contributed by atoms with Crippen LogP contribution in [0.5, 0.6) is 0 Å². The zero-order valence-corrected chi connectivity index (χ0v) is 17.1. The van der Waals surface area contributed by atoms with E-state index in [4.69, 9.17) is 13.9 Å². The minimum absolute atomic E-state index is 0.145. The second-order valence-electron chi connectivity index (χ2n) is 9.73. The van der Waals surface area contributed by atoms with Crippen LogP contribution in [0.15, 0.2) is 16.7 Å². The minimum atomic E-state index is -1.43. The topological polar surface area (TPSA) is 110 Å². The zero-order chi connectivity index (χ0) is 20.8. The van der Waals surface area contributed by atoms with Crippen molar-refractivity contribution in [2.75, 3.05) is 13.2 Å². The molecule has 2 saturated carbocycles. The lowest BCUT2D eigenvalue weighted by atomic mass is 9.36. The molecule has 1 saturated heterocycles. The molecule has 1 aromatic heterocycles. The van der Waals surface area contributed by atoms with E-state index in [-0.39, 0.29) is 24.9 Å². The number of carbonyl (C=O) groups excluding carboxylic acids is 2. The first-order valence-corrected chi connectivity index (χ1v) is 10.4. The Bertz CT molecular complexity index is 885. The normalized spacial score (nSPS) is 47.9. The van der Waals surface area contributed by atoms with Crippen molar-refractivity contribution >= 4 is 11.8 Å². The third-order valence-corrected chi connectivity index (χ3v) is 8.90. The summed E-state index contributed by atoms with van der Waals surface area (Å²) in [6.07, 6.45) is 2.01. The van der Waals surface area contributed by atoms with Gasteiger partial charge in [-0.3, -0.25) is 9.59 Å². The average Bonchev–Trinajstić information content (AvgIpc) is 3.33. The molecule has 7 unspecified atom stereocenters. The summed E-state index contributed by atoms with van der Waals surface area (Å²) in [7, 11) is 0. The maximum absolute atomic E-state index is 13.9. The van der Waals surface area contributed by atoms with Gasteiger partial charge in [0.2, 0.25) is 0 Å². The Morgan fingerprint density at radius 3 is 2.69 bits per heavy atom. The van der Waals surface area contributed by atoms with Crippen LogP contribution in [-0.2, 0) is 30.9 Å². The maximum Gasteiger partial charge on any atom is 0.302 e. The van der Waals surface area contributed by atoms with Crippen LogP contribution >= 0.6 is 0 Å². The Kier molecular flexibility index (Phi) is 3.79. The summed E-state index contributed by atoms with van der Waals surface area (Å²) in [5.41, 5.74) is -2.76. The van der Waals surface area contributed by atoms with Crippen molar-refractivity contribution in [3.05, 3.63) is 23.7 Å². The first-order chi connectivity index (χ1) is 13.6. The molecular formula is C22H28O7. The van der Waals surface area contributed by atoms with Crippen molar-refractivity contribution in [2.24, 2.45) is 16.7 Å². The van der Waals surface area contributed by atoms with Gasteiger partial charge in [0.1, 0.15) is 24.1 Å². The molecule has 7 atom stereocenters. The van der Waals surface area contributed by atoms with Gasteiger partial charge in [-0.25, -0.2) is 0 Å². The van der Waals surface area contributed by atoms with Crippen LogP contribution in [0.1, 0.15) is 51.4 Å². The fourth-order valence-corrected chi connectivity index (χ4v) is 7.09. The molecule has 1 spiro atoms. The molecule has 2 N–H and O–H groups in total. The molecule has 3 aliphatic carbocycles. The molecule has 1 aromatic rings. The van der Waals surface area contributed by atoms with Crippen LogP contribution in [-0.4, -0.2) is 53.0 Å². The molecule has 7 heteroatoms. The van der Waals surface area contributed by atoms with Gasteiger partial charge in [0.05, 0.1) is 29.8 Å². The fourth-order valence-electron chi connectivity index (χ4n) is 7.09. The van der Waals surface area contributed by atoms with Crippen LogP contribution in [0.2, 0.25) is 0 Å². The van der Waals surface area contributed by atoms with Gasteiger partial charge in [-0.1, -0.05) is 6.92 Å². The molecule has 4 aliphatic rings. The highest BCUT2D eigenvalue weighted by Gasteiger charge is 2.82. The molecule has 0 amide bonds. The number of aryl methyl sites for hydroxylation is 1. The molecule has 0 bridgehead atoms. The number of ketones is 1. The molecule has 5 rings (SSSR count). The van der Waals surface area contributed by atoms with E-state index in [0.717, 1.165) is 18.4 Å². The Hall–Kier alpha value is -1.70. The number of ether oxygens (including phenoxy) is 2. The Morgan fingerprint density at radius 2 is 2.03 bits per heavy atom. The molecule has 0 aromatic carbocycles. The van der Waals surface area contributed by atoms with E-state index in [0.29, 0.717) is 18.6 Å². The summed E-state index contributed by atoms with van der Waals surface area (Å²) in [4.78, 5) is 25.6. The van der Waals surface area contributed by atoms with E-state index in [1.54, 1.807) is 6.26 Å². The predicted octanol–water partition coefficient (Wildman–Crippen LogP) is 1.52. The van der Waals surface area contributed by atoms with Crippen molar-refractivity contribution in [3.63, 3.8) is 0 Å². The number of hydrogen-bond donors (Lipinski definition) is 2. The highest BCUT2D eigenvalue weighted by molar-refractivity contribution is 5.96. The second kappa shape index (κ2) is 5.71. The van der Waals surface area contributed by atoms with Gasteiger partial charge in [-0.2, -0.15) is 0 Å². The van der Waals surface area contributed by atoms with Crippen LogP contribution in [0.25, 0.3) is 0 Å². The molecule has 3 fully saturated rings. The molecule has 2 heterocycles. The van der Waals surface area contributed by atoms with Gasteiger partial charge >= 0.3 is 5.97 Å². The predicted molar refractivity (Wildman–Crippen MR) is 100.0 cm³/mol. The number of esters is 1. The van der Waals surface area contributed by atoms with E-state index in [9.17, 15) is 19.8 Å². The van der Waals surface area contributed by atoms with Crippen molar-refractivity contribution in [1.82, 2.24) is 0 Å². The lowest BCUT2D eigenvalue weighted by molar-refractivity contribution is -0.237. The average molecular weight is 404 g/mol. The molecule has 0 radical (unpaired) electrons. The van der Waals surface area contributed by atoms with E-state index < -0.39 is 40.0 Å². The fraction of sp³-hybridized carbons (Fsp3) is 0.727. The number of fused-ring (bicyclic) bond motifs is 6. The quantitative estimate of drug-likeness (QED) is 0.568.